The van der Waals surface area contributed by atoms with Crippen LogP contribution in [0.15, 0.2) is 60.7 Å². The Hall–Kier alpha value is -3.02. The monoisotopic (exact) mass is 300 g/mol. The van der Waals surface area contributed by atoms with Crippen LogP contribution in [0.25, 0.3) is 0 Å². The number of para-hydroxylation sites is 2. The molecular weight excluding hydrogens is 284 g/mol. The quantitative estimate of drug-likeness (QED) is 0.681. The summed E-state index contributed by atoms with van der Waals surface area (Å²) in [5.41, 5.74) is 3.75. The van der Waals surface area contributed by atoms with Crippen LogP contribution >= 0.6 is 0 Å². The van der Waals surface area contributed by atoms with Crippen molar-refractivity contribution in [3.05, 3.63) is 60.7 Å². The van der Waals surface area contributed by atoms with Gasteiger partial charge in [0.05, 0.1) is 12.1 Å². The lowest BCUT2D eigenvalue weighted by Gasteiger charge is -2.17. The number of carbonyl (C=O) groups is 2. The molecule has 0 heterocycles. The molecule has 22 heavy (non-hydrogen) atoms. The molecule has 1 atom stereocenters. The fraction of sp³-hybridized carbons (Fsp3) is 0.125. The van der Waals surface area contributed by atoms with E-state index in [2.05, 4.69) is 10.8 Å². The Bertz CT molecular complexity index is 617. The van der Waals surface area contributed by atoms with Gasteiger partial charge in [0.25, 0.3) is 0 Å². The summed E-state index contributed by atoms with van der Waals surface area (Å²) in [4.78, 5) is 27.9. The van der Waals surface area contributed by atoms with Crippen LogP contribution in [0.3, 0.4) is 0 Å². The first-order valence-electron chi connectivity index (χ1n) is 6.70. The molecule has 0 aliphatic carbocycles. The first kappa shape index (κ1) is 15.4. The van der Waals surface area contributed by atoms with Crippen molar-refractivity contribution in [2.75, 3.05) is 10.8 Å². The van der Waals surface area contributed by atoms with Gasteiger partial charge in [0, 0.05) is 5.69 Å². The maximum atomic E-state index is 12.0. The van der Waals surface area contributed by atoms with E-state index in [0.29, 0.717) is 11.4 Å². The highest BCUT2D eigenvalue weighted by Gasteiger charge is 2.23. The van der Waals surface area contributed by atoms with E-state index in [1.165, 1.54) is 0 Å². The van der Waals surface area contributed by atoms with Gasteiger partial charge < -0.3 is 15.3 Å². The molecule has 0 saturated carbocycles. The minimum Gasteiger partial charge on any atom is -0.481 e. The SMILES string of the molecule is O=C(O)CC(Nc1ccccc1)C(=O)ONc1ccccc1. The zero-order valence-electron chi connectivity index (χ0n) is 11.7. The third-order valence-electron chi connectivity index (χ3n) is 2.82. The van der Waals surface area contributed by atoms with E-state index in [0.717, 1.165) is 0 Å². The van der Waals surface area contributed by atoms with Crippen LogP contribution in [0.4, 0.5) is 11.4 Å². The number of hydrogen-bond donors (Lipinski definition) is 3. The molecule has 0 amide bonds. The van der Waals surface area contributed by atoms with Crippen molar-refractivity contribution in [3.63, 3.8) is 0 Å². The predicted octanol–water partition coefficient (Wildman–Crippen LogP) is 2.51. The number of anilines is 2. The molecule has 0 aliphatic heterocycles. The van der Waals surface area contributed by atoms with Crippen LogP contribution in [0.2, 0.25) is 0 Å². The summed E-state index contributed by atoms with van der Waals surface area (Å²) in [6, 6.07) is 16.7. The number of hydrogen-bond acceptors (Lipinski definition) is 5. The van der Waals surface area contributed by atoms with Crippen LogP contribution in [0, 0.1) is 0 Å². The molecule has 0 bridgehead atoms. The second kappa shape index (κ2) is 7.68. The normalized spacial score (nSPS) is 11.3. The lowest BCUT2D eigenvalue weighted by Crippen LogP contribution is -2.34. The van der Waals surface area contributed by atoms with E-state index in [-0.39, 0.29) is 6.42 Å². The van der Waals surface area contributed by atoms with Crippen LogP contribution in [-0.2, 0) is 14.4 Å². The van der Waals surface area contributed by atoms with Crippen molar-refractivity contribution < 1.29 is 19.5 Å². The van der Waals surface area contributed by atoms with Gasteiger partial charge in [-0.1, -0.05) is 36.4 Å². The number of carbonyl (C=O) groups excluding carboxylic acids is 1. The Kier molecular flexibility index (Phi) is 5.37. The second-order valence-electron chi connectivity index (χ2n) is 4.55. The molecule has 0 spiro atoms. The first-order chi connectivity index (χ1) is 10.6. The molecule has 0 fully saturated rings. The Morgan fingerprint density at radius 1 is 0.955 bits per heavy atom. The van der Waals surface area contributed by atoms with Gasteiger partial charge in [0.1, 0.15) is 6.04 Å². The second-order valence-corrected chi connectivity index (χ2v) is 4.55. The summed E-state index contributed by atoms with van der Waals surface area (Å²) >= 11 is 0. The minimum absolute atomic E-state index is 0.385. The molecule has 1 unspecified atom stereocenters. The Morgan fingerprint density at radius 2 is 1.50 bits per heavy atom. The summed E-state index contributed by atoms with van der Waals surface area (Å²) in [6.45, 7) is 0. The third kappa shape index (κ3) is 4.82. The standard InChI is InChI=1S/C16H16N2O4/c19-15(20)11-14(17-12-7-3-1-4-8-12)16(21)22-18-13-9-5-2-6-10-13/h1-10,14,17-18H,11H2,(H,19,20). The molecule has 6 nitrogen and oxygen atoms in total. The van der Waals surface area contributed by atoms with Crippen molar-refractivity contribution in [3.8, 4) is 0 Å². The number of aliphatic carboxylic acids is 1. The molecule has 2 aromatic carbocycles. The van der Waals surface area contributed by atoms with E-state index < -0.39 is 18.0 Å². The average molecular weight is 300 g/mol. The van der Waals surface area contributed by atoms with Crippen molar-refractivity contribution in [1.29, 1.82) is 0 Å². The summed E-state index contributed by atoms with van der Waals surface area (Å²) in [7, 11) is 0. The third-order valence-corrected chi connectivity index (χ3v) is 2.82. The van der Waals surface area contributed by atoms with Gasteiger partial charge in [0.15, 0.2) is 0 Å². The van der Waals surface area contributed by atoms with Gasteiger partial charge in [-0.05, 0) is 24.3 Å². The van der Waals surface area contributed by atoms with E-state index in [9.17, 15) is 9.59 Å². The maximum Gasteiger partial charge on any atom is 0.354 e. The molecule has 2 rings (SSSR count). The summed E-state index contributed by atoms with van der Waals surface area (Å²) in [6.07, 6.45) is -0.385. The van der Waals surface area contributed by atoms with Crippen molar-refractivity contribution in [1.82, 2.24) is 0 Å². The van der Waals surface area contributed by atoms with E-state index in [1.807, 2.05) is 12.1 Å². The predicted molar refractivity (Wildman–Crippen MR) is 82.3 cm³/mol. The number of benzene rings is 2. The van der Waals surface area contributed by atoms with E-state index in [4.69, 9.17) is 9.94 Å². The molecule has 2 aromatic rings. The van der Waals surface area contributed by atoms with Crippen molar-refractivity contribution >= 4 is 23.3 Å². The molecule has 0 aliphatic rings. The number of rotatable bonds is 7. The zero-order valence-corrected chi connectivity index (χ0v) is 11.7. The fourth-order valence-corrected chi connectivity index (χ4v) is 1.79. The molecule has 3 N–H and O–H groups in total. The van der Waals surface area contributed by atoms with Gasteiger partial charge in [-0.15, -0.1) is 0 Å². The molecule has 0 aromatic heterocycles. The number of carboxylic acids is 1. The molecule has 6 heteroatoms. The summed E-state index contributed by atoms with van der Waals surface area (Å²) in [5, 5.41) is 11.8. The topological polar surface area (TPSA) is 87.7 Å². The van der Waals surface area contributed by atoms with Crippen molar-refractivity contribution in [2.24, 2.45) is 0 Å². The summed E-state index contributed by atoms with van der Waals surface area (Å²) < 4.78 is 0. The van der Waals surface area contributed by atoms with Crippen LogP contribution in [0.5, 0.6) is 0 Å². The number of carboxylic acid groups (broad SMARTS) is 1. The minimum atomic E-state index is -1.09. The average Bonchev–Trinajstić information content (AvgIpc) is 2.53. The Balaban J connectivity index is 1.98. The highest BCUT2D eigenvalue weighted by molar-refractivity contribution is 5.85. The smallest absolute Gasteiger partial charge is 0.354 e. The Labute approximate surface area is 127 Å². The van der Waals surface area contributed by atoms with Crippen LogP contribution in [0.1, 0.15) is 6.42 Å². The van der Waals surface area contributed by atoms with Gasteiger partial charge >= 0.3 is 11.9 Å². The molecule has 114 valence electrons. The molecular formula is C16H16N2O4. The number of nitrogens with one attached hydrogen (secondary N) is 2. The van der Waals surface area contributed by atoms with Crippen molar-refractivity contribution in [2.45, 2.75) is 12.5 Å². The maximum absolute atomic E-state index is 12.0. The van der Waals surface area contributed by atoms with Crippen LogP contribution < -0.4 is 10.8 Å². The zero-order chi connectivity index (χ0) is 15.8. The lowest BCUT2D eigenvalue weighted by molar-refractivity contribution is -0.146. The highest BCUT2D eigenvalue weighted by atomic mass is 16.7. The largest absolute Gasteiger partial charge is 0.481 e. The van der Waals surface area contributed by atoms with Gasteiger partial charge in [-0.2, -0.15) is 0 Å². The summed E-state index contributed by atoms with van der Waals surface area (Å²) in [5.74, 6) is -1.79. The van der Waals surface area contributed by atoms with Crippen LogP contribution in [-0.4, -0.2) is 23.1 Å². The first-order valence-corrected chi connectivity index (χ1v) is 6.70. The Morgan fingerprint density at radius 3 is 2.05 bits per heavy atom. The molecule has 0 radical (unpaired) electrons. The van der Waals surface area contributed by atoms with Gasteiger partial charge in [-0.3, -0.25) is 4.79 Å². The van der Waals surface area contributed by atoms with Gasteiger partial charge in [0.2, 0.25) is 0 Å². The van der Waals surface area contributed by atoms with E-state index >= 15 is 0 Å². The van der Waals surface area contributed by atoms with E-state index in [1.54, 1.807) is 48.5 Å². The molecule has 0 saturated heterocycles. The lowest BCUT2D eigenvalue weighted by atomic mass is 10.2. The van der Waals surface area contributed by atoms with Gasteiger partial charge in [-0.25, -0.2) is 10.3 Å². The fourth-order valence-electron chi connectivity index (χ4n) is 1.79. The highest BCUT2D eigenvalue weighted by Crippen LogP contribution is 2.11.